The highest BCUT2D eigenvalue weighted by Gasteiger charge is 2.76. The van der Waals surface area contributed by atoms with Gasteiger partial charge in [0.05, 0.1) is 11.2 Å². The van der Waals surface area contributed by atoms with Gasteiger partial charge in [0.15, 0.2) is 0 Å². The molecule has 2 saturated heterocycles. The molecule has 5 aliphatic rings. The quantitative estimate of drug-likeness (QED) is 0.307. The van der Waals surface area contributed by atoms with Gasteiger partial charge in [-0.3, -0.25) is 4.79 Å². The van der Waals surface area contributed by atoms with Gasteiger partial charge in [0, 0.05) is 18.8 Å². The summed E-state index contributed by atoms with van der Waals surface area (Å²) in [6.07, 6.45) is 14.6. The molecule has 0 aromatic heterocycles. The molecule has 3 heteroatoms. The van der Waals surface area contributed by atoms with Gasteiger partial charge < -0.3 is 9.47 Å². The minimum atomic E-state index is -0.144. The van der Waals surface area contributed by atoms with E-state index in [0.29, 0.717) is 11.3 Å². The average molecular weight is 457 g/mol. The summed E-state index contributed by atoms with van der Waals surface area (Å²) in [5.41, 5.74) is 1.95. The normalized spacial score (nSPS) is 47.5. The molecule has 9 unspecified atom stereocenters. The van der Waals surface area contributed by atoms with Crippen molar-refractivity contribution in [1.29, 1.82) is 0 Å². The van der Waals surface area contributed by atoms with Gasteiger partial charge in [-0.25, -0.2) is 0 Å². The van der Waals surface area contributed by atoms with Crippen molar-refractivity contribution in [3.05, 3.63) is 11.6 Å². The molecule has 3 aliphatic carbocycles. The molecule has 4 fully saturated rings. The molecule has 2 saturated carbocycles. The van der Waals surface area contributed by atoms with E-state index in [-0.39, 0.29) is 28.7 Å². The third-order valence-corrected chi connectivity index (χ3v) is 11.8. The van der Waals surface area contributed by atoms with Crippen LogP contribution in [0.2, 0.25) is 0 Å². The molecule has 0 N–H and O–H groups in total. The van der Waals surface area contributed by atoms with Crippen LogP contribution in [0.1, 0.15) is 113 Å². The summed E-state index contributed by atoms with van der Waals surface area (Å²) in [7, 11) is 0. The molecule has 2 heterocycles. The van der Waals surface area contributed by atoms with Crippen molar-refractivity contribution in [2.24, 2.45) is 40.4 Å². The summed E-state index contributed by atoms with van der Waals surface area (Å²) in [4.78, 5) is 11.7. The zero-order valence-electron chi connectivity index (χ0n) is 22.3. The van der Waals surface area contributed by atoms with Gasteiger partial charge >= 0.3 is 5.97 Å². The molecular formula is C30H48O3. The Morgan fingerprint density at radius 1 is 1.09 bits per heavy atom. The molecule has 0 aromatic carbocycles. The van der Waals surface area contributed by atoms with Gasteiger partial charge in [0.2, 0.25) is 0 Å². The molecule has 5 rings (SSSR count). The van der Waals surface area contributed by atoms with E-state index < -0.39 is 0 Å². The minimum Gasteiger partial charge on any atom is -0.462 e. The van der Waals surface area contributed by atoms with Crippen LogP contribution in [0.5, 0.6) is 0 Å². The first kappa shape index (κ1) is 23.9. The van der Waals surface area contributed by atoms with Crippen molar-refractivity contribution in [3.63, 3.8) is 0 Å². The van der Waals surface area contributed by atoms with Gasteiger partial charge in [0.25, 0.3) is 0 Å². The Kier molecular flexibility index (Phi) is 5.67. The van der Waals surface area contributed by atoms with Crippen LogP contribution in [0.4, 0.5) is 0 Å². The van der Waals surface area contributed by atoms with Crippen LogP contribution in [0.25, 0.3) is 0 Å². The number of allylic oxidation sites excluding steroid dienone is 1. The van der Waals surface area contributed by atoms with Gasteiger partial charge in [-0.1, -0.05) is 60.5 Å². The van der Waals surface area contributed by atoms with E-state index in [9.17, 15) is 4.79 Å². The highest BCUT2D eigenvalue weighted by Crippen LogP contribution is 2.76. The number of fused-ring (bicyclic) bond motifs is 2. The molecule has 2 bridgehead atoms. The Hall–Kier alpha value is -0.830. The van der Waals surface area contributed by atoms with E-state index in [1.165, 1.54) is 38.5 Å². The van der Waals surface area contributed by atoms with Crippen molar-refractivity contribution < 1.29 is 14.3 Å². The third-order valence-electron chi connectivity index (χ3n) is 11.8. The lowest BCUT2D eigenvalue weighted by Gasteiger charge is -2.54. The van der Waals surface area contributed by atoms with Crippen LogP contribution in [-0.2, 0) is 14.3 Å². The number of carbonyl (C=O) groups excluding carboxylic acids is 1. The van der Waals surface area contributed by atoms with E-state index in [1.807, 2.05) is 0 Å². The molecule has 9 atom stereocenters. The SMILES string of the molecule is CC(=O)OC1CCC2(C)C3=CCC4(C)C(C(C)CCC(C)C(C)C)CCC4C34CCC2(C1)O4. The Bertz CT molecular complexity index is 830. The summed E-state index contributed by atoms with van der Waals surface area (Å²) in [5.74, 6) is 3.69. The maximum absolute atomic E-state index is 11.7. The molecule has 3 nitrogen and oxygen atoms in total. The Morgan fingerprint density at radius 3 is 2.55 bits per heavy atom. The number of hydrogen-bond donors (Lipinski definition) is 0. The lowest BCUT2D eigenvalue weighted by molar-refractivity contribution is -0.167. The lowest BCUT2D eigenvalue weighted by Crippen LogP contribution is -2.53. The maximum atomic E-state index is 11.7. The van der Waals surface area contributed by atoms with Crippen molar-refractivity contribution in [1.82, 2.24) is 0 Å². The molecule has 2 spiro atoms. The first-order chi connectivity index (χ1) is 15.5. The standard InChI is InChI=1S/C30H48O3/c1-19(2)20(3)8-9-21(4)24-10-11-25-27(24,6)14-13-26-28(7)15-12-23(32-22(5)31)18-29(28)16-17-30(25,26)33-29/h13,19-21,23-25H,8-12,14-18H2,1-7H3. The molecule has 186 valence electrons. The summed E-state index contributed by atoms with van der Waals surface area (Å²) >= 11 is 0. The van der Waals surface area contributed by atoms with Crippen molar-refractivity contribution in [2.45, 2.75) is 130 Å². The third kappa shape index (κ3) is 3.26. The summed E-state index contributed by atoms with van der Waals surface area (Å²) in [6.45, 7) is 16.4. The number of hydrogen-bond acceptors (Lipinski definition) is 3. The van der Waals surface area contributed by atoms with Gasteiger partial charge in [-0.05, 0) is 85.5 Å². The molecular weight excluding hydrogens is 408 g/mol. The first-order valence-electron chi connectivity index (χ1n) is 14.1. The fourth-order valence-corrected chi connectivity index (χ4v) is 9.59. The van der Waals surface area contributed by atoms with Crippen molar-refractivity contribution >= 4 is 5.97 Å². The Balaban J connectivity index is 1.39. The second kappa shape index (κ2) is 7.84. The largest absolute Gasteiger partial charge is 0.462 e. The summed E-state index contributed by atoms with van der Waals surface area (Å²) in [5, 5.41) is 0. The highest BCUT2D eigenvalue weighted by molar-refractivity contribution is 5.66. The second-order valence-corrected chi connectivity index (χ2v) is 13.6. The monoisotopic (exact) mass is 456 g/mol. The predicted octanol–water partition coefficient (Wildman–Crippen LogP) is 7.48. The van der Waals surface area contributed by atoms with E-state index in [0.717, 1.165) is 49.4 Å². The topological polar surface area (TPSA) is 35.5 Å². The van der Waals surface area contributed by atoms with E-state index in [2.05, 4.69) is 47.6 Å². The van der Waals surface area contributed by atoms with Crippen molar-refractivity contribution in [2.75, 3.05) is 0 Å². The number of ether oxygens (including phenoxy) is 2. The summed E-state index contributed by atoms with van der Waals surface area (Å²) < 4.78 is 13.1. The minimum absolute atomic E-state index is 0.0251. The summed E-state index contributed by atoms with van der Waals surface area (Å²) in [6, 6.07) is 0. The number of rotatable bonds is 6. The molecule has 33 heavy (non-hydrogen) atoms. The fraction of sp³-hybridized carbons (Fsp3) is 0.900. The smallest absolute Gasteiger partial charge is 0.302 e. The van der Waals surface area contributed by atoms with Crippen LogP contribution in [0.15, 0.2) is 11.6 Å². The predicted molar refractivity (Wildman–Crippen MR) is 133 cm³/mol. The Labute approximate surface area is 202 Å². The van der Waals surface area contributed by atoms with E-state index in [4.69, 9.17) is 9.47 Å². The molecule has 0 amide bonds. The lowest BCUT2D eigenvalue weighted by atomic mass is 9.48. The van der Waals surface area contributed by atoms with Crippen LogP contribution in [0, 0.1) is 40.4 Å². The van der Waals surface area contributed by atoms with E-state index in [1.54, 1.807) is 12.5 Å². The molecule has 2 aliphatic heterocycles. The van der Waals surface area contributed by atoms with Crippen LogP contribution >= 0.6 is 0 Å². The van der Waals surface area contributed by atoms with Gasteiger partial charge in [0.1, 0.15) is 6.10 Å². The van der Waals surface area contributed by atoms with Crippen LogP contribution in [0.3, 0.4) is 0 Å². The van der Waals surface area contributed by atoms with Gasteiger partial charge in [-0.2, -0.15) is 0 Å². The van der Waals surface area contributed by atoms with E-state index >= 15 is 0 Å². The zero-order valence-corrected chi connectivity index (χ0v) is 22.3. The molecule has 0 radical (unpaired) electrons. The number of carbonyl (C=O) groups is 1. The Morgan fingerprint density at radius 2 is 1.85 bits per heavy atom. The zero-order chi connectivity index (χ0) is 23.8. The fourth-order valence-electron chi connectivity index (χ4n) is 9.59. The molecule has 0 aromatic rings. The first-order valence-corrected chi connectivity index (χ1v) is 14.1. The van der Waals surface area contributed by atoms with Gasteiger partial charge in [-0.15, -0.1) is 0 Å². The maximum Gasteiger partial charge on any atom is 0.302 e. The average Bonchev–Trinajstić information content (AvgIpc) is 3.35. The highest BCUT2D eigenvalue weighted by atomic mass is 16.6. The van der Waals surface area contributed by atoms with Crippen LogP contribution < -0.4 is 0 Å². The van der Waals surface area contributed by atoms with Crippen molar-refractivity contribution in [3.8, 4) is 0 Å². The second-order valence-electron chi connectivity index (χ2n) is 13.6. The van der Waals surface area contributed by atoms with Crippen LogP contribution in [-0.4, -0.2) is 23.3 Å². The number of esters is 1.